The van der Waals surface area contributed by atoms with Crippen molar-refractivity contribution >= 4 is 11.8 Å². The molecule has 36 heavy (non-hydrogen) atoms. The number of carbonyl (C=O) groups excluding carboxylic acids is 1. The summed E-state index contributed by atoms with van der Waals surface area (Å²) in [6.07, 6.45) is -2.36. The van der Waals surface area contributed by atoms with Crippen LogP contribution in [0.5, 0.6) is 23.0 Å². The lowest BCUT2D eigenvalue weighted by Gasteiger charge is -2.32. The van der Waals surface area contributed by atoms with Crippen LogP contribution in [0.1, 0.15) is 38.7 Å². The van der Waals surface area contributed by atoms with E-state index in [0.29, 0.717) is 28.2 Å². The summed E-state index contributed by atoms with van der Waals surface area (Å²) in [5.74, 6) is -0.738. The number of aliphatic hydroxyl groups is 1. The lowest BCUT2D eigenvalue weighted by atomic mass is 9.89. The Bertz CT molecular complexity index is 1300. The first kappa shape index (κ1) is 25.0. The molecule has 3 aromatic rings. The number of carboxylic acid groups (broad SMARTS) is 1. The second-order valence-corrected chi connectivity index (χ2v) is 8.49. The van der Waals surface area contributed by atoms with Crippen molar-refractivity contribution in [2.24, 2.45) is 5.73 Å². The van der Waals surface area contributed by atoms with E-state index in [9.17, 15) is 24.9 Å². The van der Waals surface area contributed by atoms with Crippen LogP contribution >= 0.6 is 0 Å². The monoisotopic (exact) mass is 493 g/mol. The highest BCUT2D eigenvalue weighted by Crippen LogP contribution is 2.44. The molecule has 4 rings (SSSR count). The Morgan fingerprint density at radius 2 is 1.81 bits per heavy atom. The molecule has 3 unspecified atom stereocenters. The fourth-order valence-electron chi connectivity index (χ4n) is 4.34. The number of phenolic OH excluding ortho intramolecular Hbond substituents is 1. The molecule has 0 aliphatic carbocycles. The molecule has 0 amide bonds. The van der Waals surface area contributed by atoms with E-state index in [-0.39, 0.29) is 29.9 Å². The highest BCUT2D eigenvalue weighted by molar-refractivity contribution is 6.04. The Hall–Kier alpha value is -4.08. The second-order valence-electron chi connectivity index (χ2n) is 8.49. The third kappa shape index (κ3) is 4.71. The molecule has 0 bridgehead atoms. The Labute approximate surface area is 207 Å². The van der Waals surface area contributed by atoms with Gasteiger partial charge in [0.15, 0.2) is 18.0 Å². The number of Topliss-reactive ketones (excluding diaryl/α,β-unsaturated/α-hetero) is 1. The largest absolute Gasteiger partial charge is 0.508 e. The van der Waals surface area contributed by atoms with E-state index >= 15 is 0 Å². The first-order chi connectivity index (χ1) is 17.2. The zero-order chi connectivity index (χ0) is 26.0. The van der Waals surface area contributed by atoms with Crippen LogP contribution in [0, 0.1) is 0 Å². The van der Waals surface area contributed by atoms with E-state index in [4.69, 9.17) is 19.9 Å². The van der Waals surface area contributed by atoms with Gasteiger partial charge in [-0.2, -0.15) is 0 Å². The van der Waals surface area contributed by atoms with Gasteiger partial charge in [-0.05, 0) is 41.8 Å². The summed E-state index contributed by atoms with van der Waals surface area (Å²) in [6.45, 7) is 0. The average Bonchev–Trinajstić information content (AvgIpc) is 2.88. The molecule has 3 atom stereocenters. The van der Waals surface area contributed by atoms with E-state index in [1.165, 1.54) is 26.4 Å². The molecular weight excluding hydrogens is 466 g/mol. The summed E-state index contributed by atoms with van der Waals surface area (Å²) in [6, 6.07) is 13.8. The van der Waals surface area contributed by atoms with Gasteiger partial charge in [0.2, 0.25) is 0 Å². The van der Waals surface area contributed by atoms with Crippen molar-refractivity contribution < 1.29 is 39.1 Å². The molecule has 3 aromatic carbocycles. The molecule has 1 aliphatic rings. The van der Waals surface area contributed by atoms with Crippen LogP contribution in [-0.4, -0.2) is 53.4 Å². The molecule has 1 aliphatic heterocycles. The van der Waals surface area contributed by atoms with E-state index in [1.54, 1.807) is 42.5 Å². The first-order valence-corrected chi connectivity index (χ1v) is 11.3. The molecule has 0 aromatic heterocycles. The number of carboxylic acids is 1. The van der Waals surface area contributed by atoms with Crippen LogP contribution in [0.3, 0.4) is 0 Å². The van der Waals surface area contributed by atoms with Crippen molar-refractivity contribution in [2.75, 3.05) is 14.2 Å². The normalized spacial score (nSPS) is 17.6. The number of aliphatic hydroxyl groups excluding tert-OH is 1. The van der Waals surface area contributed by atoms with Crippen molar-refractivity contribution in [3.05, 3.63) is 82.4 Å². The molecule has 1 heterocycles. The summed E-state index contributed by atoms with van der Waals surface area (Å²) in [7, 11) is 2.97. The second kappa shape index (κ2) is 10.3. The highest BCUT2D eigenvalue weighted by Gasteiger charge is 2.40. The number of benzene rings is 3. The highest BCUT2D eigenvalue weighted by atomic mass is 16.5. The maximum Gasteiger partial charge on any atom is 0.320 e. The maximum atomic E-state index is 13.2. The summed E-state index contributed by atoms with van der Waals surface area (Å²) >= 11 is 0. The minimum absolute atomic E-state index is 0.0888. The van der Waals surface area contributed by atoms with Crippen LogP contribution in [0.25, 0.3) is 0 Å². The van der Waals surface area contributed by atoms with Crippen molar-refractivity contribution in [1.29, 1.82) is 0 Å². The van der Waals surface area contributed by atoms with Gasteiger partial charge in [-0.1, -0.05) is 24.3 Å². The number of fused-ring (bicyclic) bond motifs is 1. The third-order valence-corrected chi connectivity index (χ3v) is 6.29. The number of nitrogens with two attached hydrogens (primary N) is 1. The van der Waals surface area contributed by atoms with Crippen molar-refractivity contribution in [1.82, 2.24) is 0 Å². The smallest absolute Gasteiger partial charge is 0.320 e. The molecule has 0 saturated carbocycles. The molecule has 0 radical (unpaired) electrons. The number of methoxy groups -OCH3 is 2. The Morgan fingerprint density at radius 1 is 1.08 bits per heavy atom. The van der Waals surface area contributed by atoms with Gasteiger partial charge >= 0.3 is 5.97 Å². The molecular formula is C27H27NO8. The predicted octanol–water partition coefficient (Wildman–Crippen LogP) is 2.63. The minimum atomic E-state index is -1.50. The van der Waals surface area contributed by atoms with Crippen molar-refractivity contribution in [3.8, 4) is 23.0 Å². The molecule has 188 valence electrons. The SMILES string of the molecule is COc1ccc(C2Oc3c(ccc(O)c3Cc3ccccc3CC(N)C(=O)O)C(=O)C2O)c(OC)c1. The van der Waals surface area contributed by atoms with Crippen LogP contribution in [0.15, 0.2) is 54.6 Å². The number of aliphatic carboxylic acids is 1. The van der Waals surface area contributed by atoms with E-state index in [0.717, 1.165) is 5.56 Å². The van der Waals surface area contributed by atoms with E-state index < -0.39 is 30.0 Å². The van der Waals surface area contributed by atoms with E-state index in [1.807, 2.05) is 0 Å². The third-order valence-electron chi connectivity index (χ3n) is 6.29. The van der Waals surface area contributed by atoms with Crippen molar-refractivity contribution in [3.63, 3.8) is 0 Å². The average molecular weight is 494 g/mol. The molecule has 0 spiro atoms. The molecule has 9 nitrogen and oxygen atoms in total. The fourth-order valence-corrected chi connectivity index (χ4v) is 4.34. The number of ether oxygens (including phenoxy) is 3. The molecule has 9 heteroatoms. The molecule has 5 N–H and O–H groups in total. The Morgan fingerprint density at radius 3 is 2.47 bits per heavy atom. The zero-order valence-electron chi connectivity index (χ0n) is 19.8. The fraction of sp³-hybridized carbons (Fsp3) is 0.259. The van der Waals surface area contributed by atoms with Crippen LogP contribution < -0.4 is 19.9 Å². The maximum absolute atomic E-state index is 13.2. The lowest BCUT2D eigenvalue weighted by Crippen LogP contribution is -2.37. The summed E-state index contributed by atoms with van der Waals surface area (Å²) in [5.41, 5.74) is 8.07. The number of phenols is 1. The number of aromatic hydroxyl groups is 1. The van der Waals surface area contributed by atoms with Crippen LogP contribution in [0.4, 0.5) is 0 Å². The summed E-state index contributed by atoms with van der Waals surface area (Å²) in [5, 5.41) is 30.8. The van der Waals surface area contributed by atoms with Gasteiger partial charge in [0.25, 0.3) is 0 Å². The first-order valence-electron chi connectivity index (χ1n) is 11.3. The standard InChI is InChI=1S/C27H27NO8/c1-34-16-7-8-17(22(13-16)35-2)26-24(31)23(30)18-9-10-21(29)19(25(18)36-26)11-14-5-3-4-6-15(14)12-20(28)27(32)33/h3-10,13,20,24,26,29,31H,11-12,28H2,1-2H3,(H,32,33). The van der Waals surface area contributed by atoms with Gasteiger partial charge in [-0.3, -0.25) is 9.59 Å². The van der Waals surface area contributed by atoms with Gasteiger partial charge in [0, 0.05) is 23.6 Å². The summed E-state index contributed by atoms with van der Waals surface area (Å²) in [4.78, 5) is 24.5. The van der Waals surface area contributed by atoms with Gasteiger partial charge in [0.1, 0.15) is 29.0 Å². The van der Waals surface area contributed by atoms with Gasteiger partial charge in [-0.15, -0.1) is 0 Å². The van der Waals surface area contributed by atoms with Crippen molar-refractivity contribution in [2.45, 2.75) is 31.1 Å². The topological polar surface area (TPSA) is 149 Å². The molecule has 0 saturated heterocycles. The lowest BCUT2D eigenvalue weighted by molar-refractivity contribution is -0.138. The van der Waals surface area contributed by atoms with Gasteiger partial charge in [0.05, 0.1) is 19.8 Å². The predicted molar refractivity (Wildman–Crippen MR) is 130 cm³/mol. The number of carbonyl (C=O) groups is 2. The minimum Gasteiger partial charge on any atom is -0.508 e. The number of rotatable bonds is 8. The Balaban J connectivity index is 1.76. The summed E-state index contributed by atoms with van der Waals surface area (Å²) < 4.78 is 16.9. The zero-order valence-corrected chi connectivity index (χ0v) is 19.8. The Kier molecular flexibility index (Phi) is 7.14. The van der Waals surface area contributed by atoms with E-state index in [2.05, 4.69) is 0 Å². The number of ketones is 1. The molecule has 0 fully saturated rings. The van der Waals surface area contributed by atoms with Crippen LogP contribution in [-0.2, 0) is 17.6 Å². The van der Waals surface area contributed by atoms with Gasteiger partial charge < -0.3 is 35.3 Å². The number of hydrogen-bond acceptors (Lipinski definition) is 8. The quantitative estimate of drug-likeness (QED) is 0.371. The van der Waals surface area contributed by atoms with Crippen LogP contribution in [0.2, 0.25) is 0 Å². The number of hydrogen-bond donors (Lipinski definition) is 4. The van der Waals surface area contributed by atoms with Gasteiger partial charge in [-0.25, -0.2) is 0 Å².